The minimum atomic E-state index is 0.354. The summed E-state index contributed by atoms with van der Waals surface area (Å²) in [6.07, 6.45) is 5.97. The van der Waals surface area contributed by atoms with E-state index in [1.807, 2.05) is 12.4 Å². The van der Waals surface area contributed by atoms with Crippen molar-refractivity contribution < 1.29 is 4.74 Å². The van der Waals surface area contributed by atoms with E-state index >= 15 is 0 Å². The first-order valence-electron chi connectivity index (χ1n) is 6.78. The maximum Gasteiger partial charge on any atom is 0.126 e. The summed E-state index contributed by atoms with van der Waals surface area (Å²) in [4.78, 5) is 0. The Morgan fingerprint density at radius 3 is 3.26 bits per heavy atom. The van der Waals surface area contributed by atoms with Gasteiger partial charge < -0.3 is 10.1 Å². The molecule has 100 valence electrons. The van der Waals surface area contributed by atoms with Crippen LogP contribution >= 0.6 is 0 Å². The second-order valence-electron chi connectivity index (χ2n) is 5.02. The fraction of sp³-hybridized carbons (Fsp3) is 0.400. The summed E-state index contributed by atoms with van der Waals surface area (Å²) in [5.41, 5.74) is 3.68. The predicted octanol–water partition coefficient (Wildman–Crippen LogP) is 2.72. The van der Waals surface area contributed by atoms with Crippen LogP contribution in [-0.2, 0) is 6.54 Å². The van der Waals surface area contributed by atoms with Crippen LogP contribution in [0, 0.1) is 6.92 Å². The maximum atomic E-state index is 5.89. The van der Waals surface area contributed by atoms with Crippen LogP contribution < -0.4 is 10.1 Å². The number of para-hydroxylation sites is 1. The summed E-state index contributed by atoms with van der Waals surface area (Å²) in [7, 11) is 0. The summed E-state index contributed by atoms with van der Waals surface area (Å²) in [5.74, 6) is 1.06. The van der Waals surface area contributed by atoms with E-state index in [9.17, 15) is 0 Å². The number of ether oxygens (including phenoxy) is 1. The van der Waals surface area contributed by atoms with Crippen molar-refractivity contribution in [3.63, 3.8) is 0 Å². The molecule has 1 aromatic carbocycles. The van der Waals surface area contributed by atoms with Gasteiger partial charge in [0.15, 0.2) is 0 Å². The highest BCUT2D eigenvalue weighted by Gasteiger charge is 2.20. The zero-order valence-electron chi connectivity index (χ0n) is 11.1. The second-order valence-corrected chi connectivity index (χ2v) is 5.02. The first kappa shape index (κ1) is 12.2. The van der Waals surface area contributed by atoms with Crippen LogP contribution in [0.3, 0.4) is 0 Å². The Bertz CT molecular complexity index is 536. The molecule has 0 spiro atoms. The minimum Gasteiger partial charge on any atom is -0.493 e. The monoisotopic (exact) mass is 257 g/mol. The van der Waals surface area contributed by atoms with Gasteiger partial charge in [0.05, 0.1) is 12.8 Å². The third-order valence-electron chi connectivity index (χ3n) is 3.61. The lowest BCUT2D eigenvalue weighted by atomic mass is 9.99. The number of nitrogens with zero attached hydrogens (tertiary/aromatic N) is 1. The van der Waals surface area contributed by atoms with Gasteiger partial charge in [0.1, 0.15) is 5.75 Å². The van der Waals surface area contributed by atoms with Crippen molar-refractivity contribution in [3.8, 4) is 5.75 Å². The molecule has 0 amide bonds. The number of hydrogen-bond donors (Lipinski definition) is 2. The number of aromatic amines is 1. The standard InChI is InChI=1S/C15H19N3O/c1-11-4-2-5-13-14(6-3-7-19-15(11)13)16-8-12-9-17-18-10-12/h2,4-5,9-10,14,16H,3,6-8H2,1H3,(H,17,18). The number of H-pyrrole nitrogens is 1. The molecule has 4 heteroatoms. The summed E-state index contributed by atoms with van der Waals surface area (Å²) in [6.45, 7) is 3.74. The highest BCUT2D eigenvalue weighted by atomic mass is 16.5. The Hall–Kier alpha value is -1.81. The van der Waals surface area contributed by atoms with E-state index in [1.165, 1.54) is 16.7 Å². The molecule has 0 radical (unpaired) electrons. The molecule has 1 aliphatic rings. The summed E-state index contributed by atoms with van der Waals surface area (Å²) < 4.78 is 5.89. The van der Waals surface area contributed by atoms with E-state index in [2.05, 4.69) is 40.6 Å². The van der Waals surface area contributed by atoms with Gasteiger partial charge in [-0.15, -0.1) is 0 Å². The van der Waals surface area contributed by atoms with Crippen molar-refractivity contribution in [1.82, 2.24) is 15.5 Å². The van der Waals surface area contributed by atoms with Crippen molar-refractivity contribution in [3.05, 3.63) is 47.3 Å². The topological polar surface area (TPSA) is 49.9 Å². The van der Waals surface area contributed by atoms with Crippen LogP contribution in [0.15, 0.2) is 30.6 Å². The molecule has 19 heavy (non-hydrogen) atoms. The number of fused-ring (bicyclic) bond motifs is 1. The summed E-state index contributed by atoms with van der Waals surface area (Å²) in [5, 5.41) is 10.4. The summed E-state index contributed by atoms with van der Waals surface area (Å²) >= 11 is 0. The lowest BCUT2D eigenvalue weighted by molar-refractivity contribution is 0.313. The highest BCUT2D eigenvalue weighted by molar-refractivity contribution is 5.43. The van der Waals surface area contributed by atoms with E-state index < -0.39 is 0 Å². The van der Waals surface area contributed by atoms with E-state index in [1.54, 1.807) is 0 Å². The Balaban J connectivity index is 1.80. The number of rotatable bonds is 3. The second kappa shape index (κ2) is 5.45. The van der Waals surface area contributed by atoms with Crippen LogP contribution in [0.2, 0.25) is 0 Å². The largest absolute Gasteiger partial charge is 0.493 e. The van der Waals surface area contributed by atoms with Crippen molar-refractivity contribution in [2.24, 2.45) is 0 Å². The molecule has 4 nitrogen and oxygen atoms in total. The van der Waals surface area contributed by atoms with Gasteiger partial charge in [-0.2, -0.15) is 5.10 Å². The van der Waals surface area contributed by atoms with Crippen LogP contribution in [0.25, 0.3) is 0 Å². The van der Waals surface area contributed by atoms with Crippen molar-refractivity contribution in [1.29, 1.82) is 0 Å². The zero-order valence-corrected chi connectivity index (χ0v) is 11.1. The van der Waals surface area contributed by atoms with Crippen LogP contribution in [0.5, 0.6) is 5.75 Å². The molecule has 0 bridgehead atoms. The highest BCUT2D eigenvalue weighted by Crippen LogP contribution is 2.34. The quantitative estimate of drug-likeness (QED) is 0.889. The molecule has 0 fully saturated rings. The molecular formula is C15H19N3O. The molecule has 1 unspecified atom stereocenters. The minimum absolute atomic E-state index is 0.354. The zero-order chi connectivity index (χ0) is 13.1. The molecule has 3 rings (SSSR count). The maximum absolute atomic E-state index is 5.89. The van der Waals surface area contributed by atoms with Gasteiger partial charge in [0, 0.05) is 29.9 Å². The van der Waals surface area contributed by atoms with Crippen LogP contribution in [0.4, 0.5) is 0 Å². The Morgan fingerprint density at radius 2 is 2.42 bits per heavy atom. The number of aromatic nitrogens is 2. The molecule has 2 aromatic rings. The van der Waals surface area contributed by atoms with E-state index in [-0.39, 0.29) is 0 Å². The first-order valence-corrected chi connectivity index (χ1v) is 6.78. The Kier molecular flexibility index (Phi) is 3.51. The Morgan fingerprint density at radius 1 is 1.47 bits per heavy atom. The van der Waals surface area contributed by atoms with Gasteiger partial charge in [-0.05, 0) is 25.3 Å². The van der Waals surface area contributed by atoms with Crippen LogP contribution in [-0.4, -0.2) is 16.8 Å². The predicted molar refractivity (Wildman–Crippen MR) is 74.1 cm³/mol. The average molecular weight is 257 g/mol. The van der Waals surface area contributed by atoms with Gasteiger partial charge >= 0.3 is 0 Å². The number of nitrogens with one attached hydrogen (secondary N) is 2. The van der Waals surface area contributed by atoms with Crippen LogP contribution in [0.1, 0.15) is 35.6 Å². The van der Waals surface area contributed by atoms with E-state index in [0.29, 0.717) is 6.04 Å². The molecule has 2 heterocycles. The number of hydrogen-bond acceptors (Lipinski definition) is 3. The fourth-order valence-electron chi connectivity index (χ4n) is 2.59. The number of benzene rings is 1. The molecule has 1 aromatic heterocycles. The molecule has 1 atom stereocenters. The molecule has 2 N–H and O–H groups in total. The van der Waals surface area contributed by atoms with Crippen molar-refractivity contribution in [2.75, 3.05) is 6.61 Å². The van der Waals surface area contributed by atoms with Gasteiger partial charge in [0.25, 0.3) is 0 Å². The average Bonchev–Trinajstić information content (AvgIpc) is 2.84. The van der Waals surface area contributed by atoms with E-state index in [0.717, 1.165) is 31.7 Å². The number of aryl methyl sites for hydroxylation is 1. The third kappa shape index (κ3) is 2.63. The normalized spacial score (nSPS) is 18.5. The lowest BCUT2D eigenvalue weighted by Gasteiger charge is -2.19. The van der Waals surface area contributed by atoms with E-state index in [4.69, 9.17) is 4.74 Å². The van der Waals surface area contributed by atoms with Gasteiger partial charge in [-0.3, -0.25) is 5.10 Å². The summed E-state index contributed by atoms with van der Waals surface area (Å²) in [6, 6.07) is 6.74. The van der Waals surface area contributed by atoms with Gasteiger partial charge in [-0.25, -0.2) is 0 Å². The molecule has 0 aliphatic carbocycles. The molecule has 0 saturated carbocycles. The van der Waals surface area contributed by atoms with Gasteiger partial charge in [0.2, 0.25) is 0 Å². The fourth-order valence-corrected chi connectivity index (χ4v) is 2.59. The Labute approximate surface area is 113 Å². The van der Waals surface area contributed by atoms with Crippen molar-refractivity contribution >= 4 is 0 Å². The lowest BCUT2D eigenvalue weighted by Crippen LogP contribution is -2.20. The molecule has 0 saturated heterocycles. The SMILES string of the molecule is Cc1cccc2c1OCCCC2NCc1cn[nH]c1. The molecule has 1 aliphatic heterocycles. The van der Waals surface area contributed by atoms with Gasteiger partial charge in [-0.1, -0.05) is 18.2 Å². The molecular weight excluding hydrogens is 238 g/mol. The van der Waals surface area contributed by atoms with Crippen molar-refractivity contribution in [2.45, 2.75) is 32.4 Å². The smallest absolute Gasteiger partial charge is 0.126 e. The first-order chi connectivity index (χ1) is 9.34. The third-order valence-corrected chi connectivity index (χ3v) is 3.61.